The van der Waals surface area contributed by atoms with Gasteiger partial charge in [-0.25, -0.2) is 9.59 Å². The van der Waals surface area contributed by atoms with Crippen molar-refractivity contribution in [2.24, 2.45) is 0 Å². The first-order valence-corrected chi connectivity index (χ1v) is 9.00. The van der Waals surface area contributed by atoms with E-state index >= 15 is 0 Å². The number of carboxylic acid groups (broad SMARTS) is 2. The van der Waals surface area contributed by atoms with Crippen molar-refractivity contribution in [3.05, 3.63) is 52.2 Å². The predicted octanol–water partition coefficient (Wildman–Crippen LogP) is 3.99. The average molecular weight is 719 g/mol. The predicted molar refractivity (Wildman–Crippen MR) is 108 cm³/mol. The van der Waals surface area contributed by atoms with E-state index in [9.17, 15) is 14.7 Å². The van der Waals surface area contributed by atoms with E-state index in [0.29, 0.717) is 3.57 Å². The summed E-state index contributed by atoms with van der Waals surface area (Å²) in [7, 11) is 0. The van der Waals surface area contributed by atoms with Gasteiger partial charge >= 0.3 is 11.9 Å². The number of aromatic hydroxyl groups is 2. The van der Waals surface area contributed by atoms with Gasteiger partial charge in [0.2, 0.25) is 0 Å². The molecule has 6 nitrogen and oxygen atoms in total. The first-order chi connectivity index (χ1) is 10.6. The number of hydrogen-bond donors (Lipinski definition) is 4. The molecular weight excluding hydrogens is 710 g/mol. The summed E-state index contributed by atoms with van der Waals surface area (Å²) in [5, 5.41) is 35.5. The molecule has 10 heteroatoms. The molecule has 0 unspecified atom stereocenters. The van der Waals surface area contributed by atoms with Crippen LogP contribution in [0.4, 0.5) is 0 Å². The second-order valence-corrected chi connectivity index (χ2v) is 7.71. The van der Waals surface area contributed by atoms with E-state index in [0.717, 1.165) is 7.14 Å². The maximum atomic E-state index is 10.6. The molecule has 2 aromatic rings. The SMILES string of the molecule is O=C(O)c1cc(I)cc(I)c1O.O=C(O)c1cc(I)ccc1O.[Zn]. The zero-order valence-corrected chi connectivity index (χ0v) is 21.3. The van der Waals surface area contributed by atoms with Crippen LogP contribution in [-0.4, -0.2) is 32.4 Å². The average Bonchev–Trinajstić information content (AvgIpc) is 2.45. The molecule has 0 aromatic heterocycles. The summed E-state index contributed by atoms with van der Waals surface area (Å²) in [5.74, 6) is -2.58. The van der Waals surface area contributed by atoms with Gasteiger partial charge in [-0.15, -0.1) is 0 Å². The molecule has 0 aliphatic carbocycles. The van der Waals surface area contributed by atoms with Crippen molar-refractivity contribution in [2.45, 2.75) is 0 Å². The fourth-order valence-electron chi connectivity index (χ4n) is 1.41. The van der Waals surface area contributed by atoms with Gasteiger partial charge in [0.1, 0.15) is 22.6 Å². The maximum Gasteiger partial charge on any atom is 0.339 e. The van der Waals surface area contributed by atoms with E-state index < -0.39 is 11.9 Å². The Labute approximate surface area is 190 Å². The van der Waals surface area contributed by atoms with E-state index in [2.05, 4.69) is 0 Å². The van der Waals surface area contributed by atoms with E-state index in [1.54, 1.807) is 12.1 Å². The zero-order chi connectivity index (χ0) is 17.7. The third-order valence-corrected chi connectivity index (χ3v) is 4.56. The molecule has 0 aliphatic rings. The van der Waals surface area contributed by atoms with Crippen LogP contribution >= 0.6 is 67.8 Å². The van der Waals surface area contributed by atoms with E-state index in [1.807, 2.05) is 67.8 Å². The van der Waals surface area contributed by atoms with Gasteiger partial charge in [-0.05, 0) is 98.1 Å². The largest absolute Gasteiger partial charge is 0.507 e. The van der Waals surface area contributed by atoms with Crippen LogP contribution in [0.25, 0.3) is 0 Å². The molecule has 0 saturated carbocycles. The number of phenols is 2. The Morgan fingerprint density at radius 2 is 1.29 bits per heavy atom. The molecule has 2 aromatic carbocycles. The summed E-state index contributed by atoms with van der Waals surface area (Å²) in [5.41, 5.74) is -0.108. The molecule has 0 radical (unpaired) electrons. The third-order valence-electron chi connectivity index (χ3n) is 2.45. The molecular formula is C14H9I3O6Zn. The quantitative estimate of drug-likeness (QED) is 0.276. The number of benzene rings is 2. The Morgan fingerprint density at radius 3 is 1.75 bits per heavy atom. The van der Waals surface area contributed by atoms with Crippen molar-refractivity contribution in [1.82, 2.24) is 0 Å². The summed E-state index contributed by atoms with van der Waals surface area (Å²) >= 11 is 5.87. The number of carbonyl (C=O) groups is 2. The van der Waals surface area contributed by atoms with Crippen LogP contribution in [0.1, 0.15) is 20.7 Å². The van der Waals surface area contributed by atoms with Crippen molar-refractivity contribution >= 4 is 79.7 Å². The third kappa shape index (κ3) is 6.96. The molecule has 0 heterocycles. The van der Waals surface area contributed by atoms with Crippen LogP contribution in [0.5, 0.6) is 11.5 Å². The monoisotopic (exact) mass is 718 g/mol. The van der Waals surface area contributed by atoms with E-state index in [-0.39, 0.29) is 42.1 Å². The van der Waals surface area contributed by atoms with Gasteiger partial charge in [0.05, 0.1) is 3.57 Å². The van der Waals surface area contributed by atoms with Crippen molar-refractivity contribution < 1.29 is 49.5 Å². The zero-order valence-electron chi connectivity index (χ0n) is 11.8. The molecule has 24 heavy (non-hydrogen) atoms. The molecule has 0 fully saturated rings. The Bertz CT molecular complexity index is 766. The summed E-state index contributed by atoms with van der Waals surface area (Å²) in [4.78, 5) is 21.0. The second-order valence-electron chi connectivity index (χ2n) is 4.06. The van der Waals surface area contributed by atoms with Gasteiger partial charge in [0.15, 0.2) is 0 Å². The van der Waals surface area contributed by atoms with Crippen molar-refractivity contribution in [3.8, 4) is 11.5 Å². The van der Waals surface area contributed by atoms with Gasteiger partial charge in [0, 0.05) is 26.6 Å². The minimum Gasteiger partial charge on any atom is -0.507 e. The summed E-state index contributed by atoms with van der Waals surface area (Å²) < 4.78 is 2.14. The van der Waals surface area contributed by atoms with Crippen molar-refractivity contribution in [2.75, 3.05) is 0 Å². The molecule has 0 bridgehead atoms. The van der Waals surface area contributed by atoms with Crippen LogP contribution in [0.2, 0.25) is 0 Å². The molecule has 0 atom stereocenters. The maximum absolute atomic E-state index is 10.6. The molecule has 0 saturated heterocycles. The molecule has 2 rings (SSSR count). The second kappa shape index (κ2) is 10.7. The number of halogens is 3. The first kappa shape index (κ1) is 23.8. The molecule has 0 aliphatic heterocycles. The molecule has 0 spiro atoms. The van der Waals surface area contributed by atoms with Crippen LogP contribution in [0.15, 0.2) is 30.3 Å². The Morgan fingerprint density at radius 1 is 0.792 bits per heavy atom. The Kier molecular flexibility index (Phi) is 10.6. The van der Waals surface area contributed by atoms with Crippen LogP contribution < -0.4 is 0 Å². The molecule has 4 N–H and O–H groups in total. The first-order valence-electron chi connectivity index (χ1n) is 5.76. The van der Waals surface area contributed by atoms with Gasteiger partial charge in [-0.2, -0.15) is 0 Å². The summed E-state index contributed by atoms with van der Waals surface area (Å²) in [6.45, 7) is 0. The summed E-state index contributed by atoms with van der Waals surface area (Å²) in [6.07, 6.45) is 0. The van der Waals surface area contributed by atoms with Crippen LogP contribution in [-0.2, 0) is 19.5 Å². The van der Waals surface area contributed by atoms with Gasteiger partial charge in [-0.3, -0.25) is 0 Å². The smallest absolute Gasteiger partial charge is 0.339 e. The molecule has 0 amide bonds. The molecule has 124 valence electrons. The fraction of sp³-hybridized carbons (Fsp3) is 0. The van der Waals surface area contributed by atoms with Crippen LogP contribution in [0.3, 0.4) is 0 Å². The topological polar surface area (TPSA) is 115 Å². The minimum atomic E-state index is -1.11. The minimum absolute atomic E-state index is 0. The Hall–Kier alpha value is -0.207. The fourth-order valence-corrected chi connectivity index (χ4v) is 3.74. The van der Waals surface area contributed by atoms with Gasteiger partial charge in [0.25, 0.3) is 0 Å². The van der Waals surface area contributed by atoms with Gasteiger partial charge in [-0.1, -0.05) is 0 Å². The van der Waals surface area contributed by atoms with Gasteiger partial charge < -0.3 is 20.4 Å². The van der Waals surface area contributed by atoms with Crippen molar-refractivity contribution in [1.29, 1.82) is 0 Å². The number of carboxylic acids is 2. The number of aromatic carboxylic acids is 2. The number of rotatable bonds is 2. The summed E-state index contributed by atoms with van der Waals surface area (Å²) in [6, 6.07) is 7.56. The standard InChI is InChI=1S/C7H4I2O3.C7H5IO3.Zn/c8-3-1-4(7(11)12)6(10)5(9)2-3;8-4-1-2-6(9)5(3-4)7(10)11;/h1-2,10H,(H,11,12);1-3,9H,(H,10,11);. The van der Waals surface area contributed by atoms with E-state index in [4.69, 9.17) is 15.3 Å². The van der Waals surface area contributed by atoms with E-state index in [1.165, 1.54) is 18.2 Å². The normalized spacial score (nSPS) is 9.29. The number of hydrogen-bond acceptors (Lipinski definition) is 4. The van der Waals surface area contributed by atoms with Crippen LogP contribution in [0, 0.1) is 10.7 Å². The van der Waals surface area contributed by atoms with Crippen molar-refractivity contribution in [3.63, 3.8) is 0 Å². The Balaban J connectivity index is 0.000000425.